The second-order valence-corrected chi connectivity index (χ2v) is 5.78. The number of hydrogen-bond donors (Lipinski definition) is 2. The van der Waals surface area contributed by atoms with Crippen molar-refractivity contribution in [1.82, 2.24) is 0 Å². The molecule has 0 amide bonds. The summed E-state index contributed by atoms with van der Waals surface area (Å²) in [7, 11) is 1.53. The van der Waals surface area contributed by atoms with Gasteiger partial charge in [0, 0.05) is 12.2 Å². The van der Waals surface area contributed by atoms with Crippen molar-refractivity contribution < 1.29 is 29.4 Å². The second-order valence-electron chi connectivity index (χ2n) is 5.78. The Labute approximate surface area is 136 Å². The molecule has 1 aliphatic heterocycles. The number of rotatable bonds is 9. The van der Waals surface area contributed by atoms with Gasteiger partial charge in [-0.2, -0.15) is 0 Å². The normalized spacial score (nSPS) is 18.7. The predicted octanol–water partition coefficient (Wildman–Crippen LogP) is 0.380. The van der Waals surface area contributed by atoms with E-state index in [1.165, 1.54) is 14.0 Å². The molecule has 0 aromatic heterocycles. The van der Waals surface area contributed by atoms with Crippen molar-refractivity contribution in [2.75, 3.05) is 33.4 Å². The molecular weight excluding hydrogens is 298 g/mol. The fourth-order valence-corrected chi connectivity index (χ4v) is 2.56. The molecule has 1 saturated heterocycles. The quantitative estimate of drug-likeness (QED) is 0.642. The van der Waals surface area contributed by atoms with E-state index in [0.29, 0.717) is 29.7 Å². The molecule has 2 rings (SSSR count). The lowest BCUT2D eigenvalue weighted by Crippen LogP contribution is -2.88. The third kappa shape index (κ3) is 5.49. The number of nitrogens with two attached hydrogens (primary N) is 1. The van der Waals surface area contributed by atoms with Crippen LogP contribution < -0.4 is 14.8 Å². The van der Waals surface area contributed by atoms with Gasteiger partial charge in [0.25, 0.3) is 0 Å². The Morgan fingerprint density at radius 3 is 2.96 bits per heavy atom. The highest BCUT2D eigenvalue weighted by Crippen LogP contribution is 2.28. The molecule has 6 heteroatoms. The molecular formula is C17H26NO5+. The fraction of sp³-hybridized carbons (Fsp3) is 0.588. The van der Waals surface area contributed by atoms with E-state index in [9.17, 15) is 9.90 Å². The second kappa shape index (κ2) is 8.86. The summed E-state index contributed by atoms with van der Waals surface area (Å²) in [5, 5.41) is 12.1. The number of methoxy groups -OCH3 is 1. The van der Waals surface area contributed by atoms with Gasteiger partial charge in [0.15, 0.2) is 17.3 Å². The monoisotopic (exact) mass is 324 g/mol. The van der Waals surface area contributed by atoms with Crippen molar-refractivity contribution in [2.45, 2.75) is 32.0 Å². The number of carbonyl (C=O) groups excluding carboxylic acids is 1. The smallest absolute Gasteiger partial charge is 0.161 e. The van der Waals surface area contributed by atoms with Crippen LogP contribution in [0.25, 0.3) is 0 Å². The number of ether oxygens (including phenoxy) is 3. The molecule has 23 heavy (non-hydrogen) atoms. The van der Waals surface area contributed by atoms with E-state index in [1.807, 2.05) is 0 Å². The van der Waals surface area contributed by atoms with Crippen LogP contribution in [0, 0.1) is 0 Å². The summed E-state index contributed by atoms with van der Waals surface area (Å²) in [5.74, 6) is 0.988. The predicted molar refractivity (Wildman–Crippen MR) is 85.1 cm³/mol. The van der Waals surface area contributed by atoms with Crippen LogP contribution in [0.1, 0.15) is 30.1 Å². The number of aliphatic hydroxyl groups is 1. The molecule has 1 aliphatic rings. The van der Waals surface area contributed by atoms with E-state index >= 15 is 0 Å². The zero-order chi connectivity index (χ0) is 16.7. The van der Waals surface area contributed by atoms with Gasteiger partial charge in [-0.25, -0.2) is 0 Å². The molecule has 1 heterocycles. The van der Waals surface area contributed by atoms with Crippen molar-refractivity contribution in [3.8, 4) is 11.5 Å². The number of carbonyl (C=O) groups is 1. The first kappa shape index (κ1) is 17.7. The first-order valence-corrected chi connectivity index (χ1v) is 8.03. The summed E-state index contributed by atoms with van der Waals surface area (Å²) in [6.07, 6.45) is 1.96. The van der Waals surface area contributed by atoms with Crippen LogP contribution in [0.5, 0.6) is 11.5 Å². The maximum Gasteiger partial charge on any atom is 0.161 e. The topological polar surface area (TPSA) is 81.6 Å². The Morgan fingerprint density at radius 2 is 2.30 bits per heavy atom. The summed E-state index contributed by atoms with van der Waals surface area (Å²) >= 11 is 0. The minimum atomic E-state index is -0.575. The van der Waals surface area contributed by atoms with Crippen LogP contribution >= 0.6 is 0 Å². The molecule has 6 nitrogen and oxygen atoms in total. The Morgan fingerprint density at radius 1 is 1.48 bits per heavy atom. The van der Waals surface area contributed by atoms with Crippen LogP contribution in [0.3, 0.4) is 0 Å². The molecule has 128 valence electrons. The molecule has 2 atom stereocenters. The van der Waals surface area contributed by atoms with E-state index in [4.69, 9.17) is 14.2 Å². The summed E-state index contributed by atoms with van der Waals surface area (Å²) in [4.78, 5) is 11.4. The highest BCUT2D eigenvalue weighted by atomic mass is 16.5. The van der Waals surface area contributed by atoms with Crippen molar-refractivity contribution in [3.05, 3.63) is 23.8 Å². The Kier molecular flexibility index (Phi) is 6.83. The fourth-order valence-electron chi connectivity index (χ4n) is 2.56. The Balaban J connectivity index is 1.76. The number of ketones is 1. The number of benzene rings is 1. The van der Waals surface area contributed by atoms with Gasteiger partial charge < -0.3 is 24.6 Å². The van der Waals surface area contributed by atoms with E-state index in [1.54, 1.807) is 18.2 Å². The van der Waals surface area contributed by atoms with Gasteiger partial charge in [0.05, 0.1) is 7.11 Å². The van der Waals surface area contributed by atoms with Gasteiger partial charge in [-0.15, -0.1) is 0 Å². The van der Waals surface area contributed by atoms with Crippen LogP contribution in [0.4, 0.5) is 0 Å². The molecule has 0 spiro atoms. The third-order valence-corrected chi connectivity index (χ3v) is 3.89. The van der Waals surface area contributed by atoms with Crippen LogP contribution in [-0.4, -0.2) is 56.5 Å². The molecule has 1 aromatic rings. The average molecular weight is 324 g/mol. The summed E-state index contributed by atoms with van der Waals surface area (Å²) in [5.41, 5.74) is 0.569. The van der Waals surface area contributed by atoms with Gasteiger partial charge in [-0.05, 0) is 38.0 Å². The molecule has 0 saturated carbocycles. The van der Waals surface area contributed by atoms with Crippen molar-refractivity contribution >= 4 is 5.78 Å². The third-order valence-electron chi connectivity index (χ3n) is 3.89. The van der Waals surface area contributed by atoms with Crippen LogP contribution in [0.2, 0.25) is 0 Å². The number of Topliss-reactive ketones (excluding diaryl/α,β-unsaturated/α-hetero) is 1. The van der Waals surface area contributed by atoms with Crippen LogP contribution in [-0.2, 0) is 4.74 Å². The van der Waals surface area contributed by atoms with E-state index in [2.05, 4.69) is 5.32 Å². The number of hydrogen-bond acceptors (Lipinski definition) is 5. The highest BCUT2D eigenvalue weighted by molar-refractivity contribution is 5.94. The molecule has 0 bridgehead atoms. The number of aliphatic hydroxyl groups excluding tert-OH is 1. The van der Waals surface area contributed by atoms with Crippen molar-refractivity contribution in [2.24, 2.45) is 0 Å². The SMILES string of the molecule is COc1cc(C(C)=O)ccc1OC[C@@H](O)C[NH2+]C[C@@H]1CCCO1. The average Bonchev–Trinajstić information content (AvgIpc) is 3.06. The van der Waals surface area contributed by atoms with Gasteiger partial charge in [-0.3, -0.25) is 4.79 Å². The maximum atomic E-state index is 11.4. The highest BCUT2D eigenvalue weighted by Gasteiger charge is 2.18. The molecule has 3 N–H and O–H groups in total. The minimum absolute atomic E-state index is 0.0291. The van der Waals surface area contributed by atoms with Gasteiger partial charge in [0.2, 0.25) is 0 Å². The van der Waals surface area contributed by atoms with Gasteiger partial charge >= 0.3 is 0 Å². The lowest BCUT2D eigenvalue weighted by molar-refractivity contribution is -0.666. The Bertz CT molecular complexity index is 514. The largest absolute Gasteiger partial charge is 0.493 e. The summed E-state index contributed by atoms with van der Waals surface area (Å²) in [6, 6.07) is 5.03. The molecule has 0 radical (unpaired) electrons. The minimum Gasteiger partial charge on any atom is -0.493 e. The molecule has 0 unspecified atom stereocenters. The van der Waals surface area contributed by atoms with Gasteiger partial charge in [-0.1, -0.05) is 0 Å². The standard InChI is InChI=1S/C17H25NO5/c1-12(19)13-5-6-16(17(8-13)21-2)23-11-14(20)9-18-10-15-4-3-7-22-15/h5-6,8,14-15,18,20H,3-4,7,9-11H2,1-2H3/p+1/t14-,15-/m0/s1. The lowest BCUT2D eigenvalue weighted by atomic mass is 10.1. The van der Waals surface area contributed by atoms with Crippen LogP contribution in [0.15, 0.2) is 18.2 Å². The van der Waals surface area contributed by atoms with Crippen molar-refractivity contribution in [3.63, 3.8) is 0 Å². The number of quaternary nitrogens is 1. The van der Waals surface area contributed by atoms with E-state index in [-0.39, 0.29) is 12.4 Å². The van der Waals surface area contributed by atoms with E-state index in [0.717, 1.165) is 26.0 Å². The first-order valence-electron chi connectivity index (χ1n) is 8.03. The maximum absolute atomic E-state index is 11.4. The zero-order valence-corrected chi connectivity index (χ0v) is 13.8. The molecule has 0 aliphatic carbocycles. The Hall–Kier alpha value is -1.63. The summed E-state index contributed by atoms with van der Waals surface area (Å²) in [6.45, 7) is 3.96. The molecule has 1 fully saturated rings. The first-order chi connectivity index (χ1) is 11.1. The van der Waals surface area contributed by atoms with Gasteiger partial charge in [0.1, 0.15) is 31.9 Å². The lowest BCUT2D eigenvalue weighted by Gasteiger charge is -2.15. The zero-order valence-electron chi connectivity index (χ0n) is 13.8. The summed E-state index contributed by atoms with van der Waals surface area (Å²) < 4.78 is 16.4. The van der Waals surface area contributed by atoms with E-state index < -0.39 is 6.10 Å². The molecule has 1 aromatic carbocycles. The van der Waals surface area contributed by atoms with Crippen molar-refractivity contribution in [1.29, 1.82) is 0 Å².